The summed E-state index contributed by atoms with van der Waals surface area (Å²) in [5.41, 5.74) is 1.18. The second-order valence-electron chi connectivity index (χ2n) is 6.05. The first-order valence-electron chi connectivity index (χ1n) is 8.29. The van der Waals surface area contributed by atoms with Crippen LogP contribution in [0, 0.1) is 0 Å². The van der Waals surface area contributed by atoms with E-state index >= 15 is 0 Å². The first-order valence-corrected chi connectivity index (χ1v) is 9.49. The Morgan fingerprint density at radius 1 is 1.12 bits per heavy atom. The minimum Gasteiger partial charge on any atom is -0.340 e. The summed E-state index contributed by atoms with van der Waals surface area (Å²) in [7, 11) is 0. The summed E-state index contributed by atoms with van der Waals surface area (Å²) in [6, 6.07) is 7.43. The van der Waals surface area contributed by atoms with Gasteiger partial charge in [-0.15, -0.1) is 11.3 Å². The summed E-state index contributed by atoms with van der Waals surface area (Å²) in [4.78, 5) is 33.3. The van der Waals surface area contributed by atoms with Crippen LogP contribution in [0.2, 0.25) is 4.34 Å². The molecule has 3 heterocycles. The molecule has 7 heteroatoms. The molecule has 0 N–H and O–H groups in total. The van der Waals surface area contributed by atoms with Crippen LogP contribution in [0.4, 0.5) is 0 Å². The number of nitrogens with zero attached hydrogens (tertiary/aromatic N) is 3. The Kier molecular flexibility index (Phi) is 6.18. The molecule has 0 spiro atoms. The van der Waals surface area contributed by atoms with Crippen molar-refractivity contribution in [2.45, 2.75) is 19.4 Å². The highest BCUT2D eigenvalue weighted by atomic mass is 35.5. The third-order valence-electron chi connectivity index (χ3n) is 4.27. The van der Waals surface area contributed by atoms with Gasteiger partial charge >= 0.3 is 0 Å². The molecule has 0 aromatic carbocycles. The summed E-state index contributed by atoms with van der Waals surface area (Å²) in [5.74, 6) is 0.0393. The van der Waals surface area contributed by atoms with Gasteiger partial charge in [-0.1, -0.05) is 17.7 Å². The number of ketones is 1. The predicted molar refractivity (Wildman–Crippen MR) is 99.0 cm³/mol. The molecule has 5 nitrogen and oxygen atoms in total. The maximum Gasteiger partial charge on any atom is 0.223 e. The van der Waals surface area contributed by atoms with Crippen molar-refractivity contribution in [1.29, 1.82) is 0 Å². The van der Waals surface area contributed by atoms with Gasteiger partial charge in [0.1, 0.15) is 0 Å². The molecule has 2 aromatic heterocycles. The summed E-state index contributed by atoms with van der Waals surface area (Å²) in [6.45, 7) is 3.95. The number of carbonyl (C=O) groups excluding carboxylic acids is 2. The number of hydrogen-bond donors (Lipinski definition) is 0. The molecule has 0 bridgehead atoms. The van der Waals surface area contributed by atoms with Crippen LogP contribution in [0.25, 0.3) is 0 Å². The fraction of sp³-hybridized carbons (Fsp3) is 0.389. The Labute approximate surface area is 156 Å². The van der Waals surface area contributed by atoms with Crippen molar-refractivity contribution < 1.29 is 9.59 Å². The van der Waals surface area contributed by atoms with Crippen molar-refractivity contribution in [1.82, 2.24) is 14.8 Å². The summed E-state index contributed by atoms with van der Waals surface area (Å²) >= 11 is 7.11. The number of pyridine rings is 1. The van der Waals surface area contributed by atoms with E-state index in [1.807, 2.05) is 17.2 Å². The van der Waals surface area contributed by atoms with Crippen LogP contribution in [-0.4, -0.2) is 52.7 Å². The maximum absolute atomic E-state index is 12.3. The average Bonchev–Trinajstić information content (AvgIpc) is 3.07. The van der Waals surface area contributed by atoms with E-state index in [4.69, 9.17) is 11.6 Å². The zero-order chi connectivity index (χ0) is 17.6. The molecule has 2 aromatic rings. The van der Waals surface area contributed by atoms with Gasteiger partial charge in [0.15, 0.2) is 5.78 Å². The van der Waals surface area contributed by atoms with E-state index in [9.17, 15) is 9.59 Å². The van der Waals surface area contributed by atoms with Gasteiger partial charge in [0, 0.05) is 58.0 Å². The first-order chi connectivity index (χ1) is 12.1. The van der Waals surface area contributed by atoms with Gasteiger partial charge in [0.25, 0.3) is 0 Å². The minimum atomic E-state index is -0.0135. The van der Waals surface area contributed by atoms with Gasteiger partial charge in [-0.25, -0.2) is 0 Å². The van der Waals surface area contributed by atoms with Crippen molar-refractivity contribution in [2.24, 2.45) is 0 Å². The lowest BCUT2D eigenvalue weighted by atomic mass is 10.1. The predicted octanol–water partition coefficient (Wildman–Crippen LogP) is 3.10. The Morgan fingerprint density at radius 3 is 2.56 bits per heavy atom. The van der Waals surface area contributed by atoms with E-state index in [1.165, 1.54) is 16.9 Å². The molecule has 0 radical (unpaired) electrons. The maximum atomic E-state index is 12.3. The number of aromatic nitrogens is 1. The molecule has 1 saturated heterocycles. The Balaban J connectivity index is 1.41. The topological polar surface area (TPSA) is 53.5 Å². The van der Waals surface area contributed by atoms with E-state index in [2.05, 4.69) is 16.0 Å². The van der Waals surface area contributed by atoms with Crippen LogP contribution in [0.5, 0.6) is 0 Å². The number of Topliss-reactive ketones (excluding diaryl/α,β-unsaturated/α-hetero) is 1. The van der Waals surface area contributed by atoms with Crippen molar-refractivity contribution in [3.63, 3.8) is 0 Å². The van der Waals surface area contributed by atoms with Crippen molar-refractivity contribution >= 4 is 34.6 Å². The van der Waals surface area contributed by atoms with Gasteiger partial charge in [-0.2, -0.15) is 0 Å². The molecule has 1 aliphatic rings. The summed E-state index contributed by atoms with van der Waals surface area (Å²) in [6.07, 6.45) is 4.15. The molecule has 0 saturated carbocycles. The van der Waals surface area contributed by atoms with Crippen LogP contribution in [0.15, 0.2) is 36.7 Å². The molecule has 3 rings (SSSR count). The van der Waals surface area contributed by atoms with Crippen molar-refractivity contribution in [3.8, 4) is 0 Å². The summed E-state index contributed by atoms with van der Waals surface area (Å²) in [5, 5.41) is 0. The largest absolute Gasteiger partial charge is 0.340 e. The number of piperazine rings is 1. The van der Waals surface area contributed by atoms with Crippen LogP contribution >= 0.6 is 22.9 Å². The number of halogens is 1. The van der Waals surface area contributed by atoms with Gasteiger partial charge in [0.2, 0.25) is 5.91 Å². The molecular formula is C18H20ClN3O2S. The smallest absolute Gasteiger partial charge is 0.223 e. The fourth-order valence-corrected chi connectivity index (χ4v) is 3.88. The van der Waals surface area contributed by atoms with Gasteiger partial charge in [0.05, 0.1) is 9.21 Å². The average molecular weight is 378 g/mol. The lowest BCUT2D eigenvalue weighted by molar-refractivity contribution is -0.132. The second-order valence-corrected chi connectivity index (χ2v) is 7.76. The quantitative estimate of drug-likeness (QED) is 0.726. The van der Waals surface area contributed by atoms with Gasteiger partial charge in [-0.3, -0.25) is 19.5 Å². The van der Waals surface area contributed by atoms with Crippen LogP contribution in [-0.2, 0) is 11.3 Å². The SMILES string of the molecule is O=C(CCC(=O)N1CCN(Cc2cccnc2)CC1)c1ccc(Cl)s1. The lowest BCUT2D eigenvalue weighted by Crippen LogP contribution is -2.48. The van der Waals surface area contributed by atoms with Crippen LogP contribution in [0.1, 0.15) is 28.1 Å². The van der Waals surface area contributed by atoms with Crippen molar-refractivity contribution in [2.75, 3.05) is 26.2 Å². The molecule has 0 atom stereocenters. The Hall–Kier alpha value is -1.76. The molecular weight excluding hydrogens is 358 g/mol. The molecule has 25 heavy (non-hydrogen) atoms. The van der Waals surface area contributed by atoms with Gasteiger partial charge < -0.3 is 4.90 Å². The highest BCUT2D eigenvalue weighted by molar-refractivity contribution is 7.18. The standard InChI is InChI=1S/C18H20ClN3O2S/c19-17-5-4-16(25-17)15(23)3-6-18(24)22-10-8-21(9-11-22)13-14-2-1-7-20-12-14/h1-2,4-5,7,12H,3,6,8-11,13H2. The van der Waals surface area contributed by atoms with E-state index < -0.39 is 0 Å². The third-order valence-corrected chi connectivity index (χ3v) is 5.54. The molecule has 132 valence electrons. The van der Waals surface area contributed by atoms with E-state index in [-0.39, 0.29) is 24.5 Å². The number of amides is 1. The van der Waals surface area contributed by atoms with Crippen LogP contribution in [0.3, 0.4) is 0 Å². The third kappa shape index (κ3) is 5.11. The Bertz CT molecular complexity index is 727. The minimum absolute atomic E-state index is 0.0135. The Morgan fingerprint density at radius 2 is 1.92 bits per heavy atom. The molecule has 1 amide bonds. The molecule has 0 unspecified atom stereocenters. The van der Waals surface area contributed by atoms with E-state index in [0.717, 1.165) is 19.6 Å². The molecule has 0 aliphatic carbocycles. The van der Waals surface area contributed by atoms with Gasteiger partial charge in [-0.05, 0) is 23.8 Å². The second kappa shape index (κ2) is 8.56. The number of hydrogen-bond acceptors (Lipinski definition) is 5. The molecule has 1 aliphatic heterocycles. The summed E-state index contributed by atoms with van der Waals surface area (Å²) < 4.78 is 0.597. The number of carbonyl (C=O) groups is 2. The number of thiophene rings is 1. The zero-order valence-electron chi connectivity index (χ0n) is 13.9. The fourth-order valence-electron chi connectivity index (χ4n) is 2.87. The van der Waals surface area contributed by atoms with Crippen LogP contribution < -0.4 is 0 Å². The van der Waals surface area contributed by atoms with E-state index in [0.29, 0.717) is 22.3 Å². The van der Waals surface area contributed by atoms with E-state index in [1.54, 1.807) is 18.3 Å². The normalized spacial score (nSPS) is 15.3. The zero-order valence-corrected chi connectivity index (χ0v) is 15.4. The lowest BCUT2D eigenvalue weighted by Gasteiger charge is -2.34. The highest BCUT2D eigenvalue weighted by Crippen LogP contribution is 2.23. The molecule has 1 fully saturated rings. The number of rotatable bonds is 6. The first kappa shape index (κ1) is 18.0. The highest BCUT2D eigenvalue weighted by Gasteiger charge is 2.22. The van der Waals surface area contributed by atoms with Crippen molar-refractivity contribution in [3.05, 3.63) is 51.4 Å². The monoisotopic (exact) mass is 377 g/mol.